The van der Waals surface area contributed by atoms with Crippen molar-refractivity contribution in [3.8, 4) is 11.5 Å². The van der Waals surface area contributed by atoms with E-state index in [0.29, 0.717) is 42.5 Å². The molecule has 0 fully saturated rings. The number of nitrogens with zero attached hydrogens (tertiary/aromatic N) is 1. The second-order valence-electron chi connectivity index (χ2n) is 10.4. The molecule has 1 amide bonds. The van der Waals surface area contributed by atoms with Crippen molar-refractivity contribution in [2.24, 2.45) is 4.99 Å². The molecule has 0 saturated carbocycles. The minimum Gasteiger partial charge on any atom is -0.497 e. The molecule has 0 saturated heterocycles. The maximum absolute atomic E-state index is 14.2. The van der Waals surface area contributed by atoms with Gasteiger partial charge in [-0.1, -0.05) is 84.9 Å². The van der Waals surface area contributed by atoms with Gasteiger partial charge in [-0.3, -0.25) is 10.2 Å². The molecule has 0 spiro atoms. The lowest BCUT2D eigenvalue weighted by Gasteiger charge is -2.30. The van der Waals surface area contributed by atoms with Crippen molar-refractivity contribution in [2.45, 2.75) is 31.0 Å². The first kappa shape index (κ1) is 30.5. The highest BCUT2D eigenvalue weighted by molar-refractivity contribution is 6.01. The number of carbonyl (C=O) groups is 1. The largest absolute Gasteiger partial charge is 0.497 e. The molecule has 1 aliphatic heterocycles. The minimum atomic E-state index is -1.34. The normalized spacial score (nSPS) is 17.6. The molecular formula is C36H37N3O5. The van der Waals surface area contributed by atoms with Gasteiger partial charge in [0, 0.05) is 31.6 Å². The van der Waals surface area contributed by atoms with E-state index in [4.69, 9.17) is 24.3 Å². The fourth-order valence-corrected chi connectivity index (χ4v) is 4.99. The van der Waals surface area contributed by atoms with Gasteiger partial charge in [0.2, 0.25) is 5.90 Å². The summed E-state index contributed by atoms with van der Waals surface area (Å²) in [6.07, 6.45) is 4.03. The molecule has 0 aromatic heterocycles. The van der Waals surface area contributed by atoms with Crippen LogP contribution in [0.4, 0.5) is 0 Å². The number of hydrazine groups is 1. The Kier molecular flexibility index (Phi) is 10.4. The highest BCUT2D eigenvalue weighted by Crippen LogP contribution is 2.43. The fraction of sp³-hybridized carbons (Fsp3) is 0.222. The highest BCUT2D eigenvalue weighted by atomic mass is 16.5. The van der Waals surface area contributed by atoms with Crippen molar-refractivity contribution >= 4 is 17.9 Å². The van der Waals surface area contributed by atoms with Gasteiger partial charge < -0.3 is 19.3 Å². The Morgan fingerprint density at radius 1 is 0.955 bits per heavy atom. The molecule has 2 atom stereocenters. The summed E-state index contributed by atoms with van der Waals surface area (Å²) in [5, 5.41) is 9.05. The molecule has 1 aliphatic rings. The van der Waals surface area contributed by atoms with Gasteiger partial charge in [0.15, 0.2) is 11.6 Å². The van der Waals surface area contributed by atoms with Crippen molar-refractivity contribution in [1.82, 2.24) is 10.9 Å². The van der Waals surface area contributed by atoms with Gasteiger partial charge in [-0.15, -0.1) is 0 Å². The number of benzene rings is 4. The third-order valence-electron chi connectivity index (χ3n) is 7.30. The molecule has 4 aromatic carbocycles. The van der Waals surface area contributed by atoms with E-state index >= 15 is 0 Å². The first-order valence-electron chi connectivity index (χ1n) is 14.6. The van der Waals surface area contributed by atoms with Gasteiger partial charge in [-0.25, -0.2) is 10.4 Å². The number of amides is 1. The fourth-order valence-electron chi connectivity index (χ4n) is 4.99. The summed E-state index contributed by atoms with van der Waals surface area (Å²) in [5.74, 6) is 1.36. The lowest BCUT2D eigenvalue weighted by molar-refractivity contribution is -0.129. The predicted molar refractivity (Wildman–Crippen MR) is 171 cm³/mol. The molecule has 8 heteroatoms. The third kappa shape index (κ3) is 7.53. The lowest BCUT2D eigenvalue weighted by atomic mass is 9.84. The van der Waals surface area contributed by atoms with Crippen molar-refractivity contribution in [3.63, 3.8) is 0 Å². The number of aliphatic hydroxyl groups excluding tert-OH is 1. The second kappa shape index (κ2) is 15.0. The molecule has 3 N–H and O–H groups in total. The zero-order valence-corrected chi connectivity index (χ0v) is 24.7. The van der Waals surface area contributed by atoms with E-state index in [-0.39, 0.29) is 18.9 Å². The maximum Gasteiger partial charge on any atom is 0.266 e. The van der Waals surface area contributed by atoms with Crippen LogP contribution in [-0.2, 0) is 16.1 Å². The van der Waals surface area contributed by atoms with Gasteiger partial charge >= 0.3 is 0 Å². The van der Waals surface area contributed by atoms with Crippen molar-refractivity contribution in [1.29, 1.82) is 0 Å². The molecule has 8 nitrogen and oxygen atoms in total. The molecule has 0 bridgehead atoms. The summed E-state index contributed by atoms with van der Waals surface area (Å²) in [7, 11) is 1.61. The van der Waals surface area contributed by atoms with E-state index in [2.05, 4.69) is 10.9 Å². The van der Waals surface area contributed by atoms with E-state index < -0.39 is 11.6 Å². The molecule has 0 radical (unpaired) electrons. The molecule has 226 valence electrons. The number of carbonyl (C=O) groups excluding carboxylic acids is 1. The first-order valence-corrected chi connectivity index (χ1v) is 14.6. The van der Waals surface area contributed by atoms with Crippen LogP contribution in [0.25, 0.3) is 6.08 Å². The van der Waals surface area contributed by atoms with Gasteiger partial charge in [0.1, 0.15) is 11.5 Å². The number of ether oxygens (including phenoxy) is 3. The Labute approximate surface area is 258 Å². The number of nitrogens with one attached hydrogen (secondary N) is 2. The number of aliphatic imine (C=N–C) groups is 1. The van der Waals surface area contributed by atoms with E-state index in [0.717, 1.165) is 16.7 Å². The Morgan fingerprint density at radius 2 is 1.70 bits per heavy atom. The van der Waals surface area contributed by atoms with Crippen LogP contribution in [0.1, 0.15) is 41.2 Å². The zero-order chi connectivity index (χ0) is 30.6. The minimum absolute atomic E-state index is 0.0669. The number of rotatable bonds is 14. The monoisotopic (exact) mass is 591 g/mol. The topological polar surface area (TPSA) is 101 Å². The molecule has 4 aromatic rings. The van der Waals surface area contributed by atoms with Crippen LogP contribution < -0.4 is 20.3 Å². The zero-order valence-electron chi connectivity index (χ0n) is 24.7. The smallest absolute Gasteiger partial charge is 0.266 e. The number of aliphatic hydroxyl groups is 1. The Morgan fingerprint density at radius 3 is 2.43 bits per heavy atom. The number of methoxy groups -OCH3 is 1. The van der Waals surface area contributed by atoms with Crippen LogP contribution in [-0.4, -0.2) is 42.8 Å². The van der Waals surface area contributed by atoms with Gasteiger partial charge in [-0.05, 0) is 53.1 Å². The van der Waals surface area contributed by atoms with E-state index in [9.17, 15) is 4.79 Å². The third-order valence-corrected chi connectivity index (χ3v) is 7.30. The Balaban J connectivity index is 1.50. The predicted octanol–water partition coefficient (Wildman–Crippen LogP) is 5.64. The summed E-state index contributed by atoms with van der Waals surface area (Å²) in [4.78, 5) is 19.3. The average molecular weight is 592 g/mol. The highest BCUT2D eigenvalue weighted by Gasteiger charge is 2.52. The summed E-state index contributed by atoms with van der Waals surface area (Å²) >= 11 is 0. The summed E-state index contributed by atoms with van der Waals surface area (Å²) in [6, 6.07) is 34.7. The van der Waals surface area contributed by atoms with E-state index in [1.807, 2.05) is 121 Å². The molecular weight excluding hydrogens is 554 g/mol. The van der Waals surface area contributed by atoms with Crippen LogP contribution in [0.5, 0.6) is 11.5 Å². The van der Waals surface area contributed by atoms with Gasteiger partial charge in [-0.2, -0.15) is 0 Å². The standard InChI is InChI=1S/C36H37N3O5/c1-42-32-17-8-16-30(25-32)33-36(22-9-15-27-11-4-2-5-12-27,35(41)39-37-26-28-13-6-3-7-14-28)38-34(44-33)29-18-20-31(21-19-29)43-24-10-23-40/h2-9,11-21,25,33,37,40H,10,22-24,26H2,1H3,(H,39,41)/b15-9+/t33-,36-/m0/s1. The Bertz CT molecular complexity index is 1560. The SMILES string of the molecule is COc1cccc([C@@H]2OC(c3ccc(OCCCO)cc3)=N[C@]2(C/C=C/c2ccccc2)C(=O)NNCc2ccccc2)c1. The first-order chi connectivity index (χ1) is 21.6. The molecule has 5 rings (SSSR count). The maximum atomic E-state index is 14.2. The molecule has 0 aliphatic carbocycles. The quantitative estimate of drug-likeness (QED) is 0.130. The number of hydrogen-bond donors (Lipinski definition) is 3. The van der Waals surface area contributed by atoms with Gasteiger partial charge in [0.05, 0.1) is 13.7 Å². The number of hydrogen-bond acceptors (Lipinski definition) is 7. The van der Waals surface area contributed by atoms with Crippen LogP contribution in [0.2, 0.25) is 0 Å². The van der Waals surface area contributed by atoms with Crippen LogP contribution in [0, 0.1) is 0 Å². The van der Waals surface area contributed by atoms with E-state index in [1.54, 1.807) is 7.11 Å². The lowest BCUT2D eigenvalue weighted by Crippen LogP contribution is -2.52. The second-order valence-corrected chi connectivity index (χ2v) is 10.4. The van der Waals surface area contributed by atoms with Crippen LogP contribution >= 0.6 is 0 Å². The van der Waals surface area contributed by atoms with Crippen molar-refractivity contribution in [2.75, 3.05) is 20.3 Å². The van der Waals surface area contributed by atoms with Crippen molar-refractivity contribution in [3.05, 3.63) is 138 Å². The van der Waals surface area contributed by atoms with Gasteiger partial charge in [0.25, 0.3) is 5.91 Å². The van der Waals surface area contributed by atoms with E-state index in [1.165, 1.54) is 0 Å². The summed E-state index contributed by atoms with van der Waals surface area (Å²) in [6.45, 7) is 0.928. The van der Waals surface area contributed by atoms with Crippen LogP contribution in [0.15, 0.2) is 120 Å². The average Bonchev–Trinajstić information content (AvgIpc) is 3.47. The molecule has 44 heavy (non-hydrogen) atoms. The Hall–Kier alpha value is -4.92. The van der Waals surface area contributed by atoms with Crippen molar-refractivity contribution < 1.29 is 24.1 Å². The molecule has 0 unspecified atom stereocenters. The molecule has 1 heterocycles. The summed E-state index contributed by atoms with van der Waals surface area (Å²) < 4.78 is 17.8. The summed E-state index contributed by atoms with van der Waals surface area (Å²) in [5.41, 5.74) is 8.19. The van der Waals surface area contributed by atoms with Crippen LogP contribution in [0.3, 0.4) is 0 Å².